The maximum atomic E-state index is 4.41. The quantitative estimate of drug-likeness (QED) is 0.148. The van der Waals surface area contributed by atoms with E-state index < -0.39 is 0 Å². The minimum atomic E-state index is 1.03. The summed E-state index contributed by atoms with van der Waals surface area (Å²) in [5.74, 6) is 0. The first-order valence-corrected chi connectivity index (χ1v) is 27.3. The molecule has 6 aromatic carbocycles. The minimum absolute atomic E-state index is 1.03. The van der Waals surface area contributed by atoms with E-state index in [9.17, 15) is 0 Å². The van der Waals surface area contributed by atoms with Gasteiger partial charge in [-0.1, -0.05) is 80.8 Å². The molecule has 11 aromatic rings. The normalized spacial score (nSPS) is 11.0. The third kappa shape index (κ3) is 11.4. The summed E-state index contributed by atoms with van der Waals surface area (Å²) >= 11 is 6.48. The van der Waals surface area contributed by atoms with Crippen LogP contribution in [0.5, 0.6) is 0 Å². The lowest BCUT2D eigenvalue weighted by molar-refractivity contribution is 0.666. The zero-order chi connectivity index (χ0) is 50.2. The summed E-state index contributed by atoms with van der Waals surface area (Å²) in [6.07, 6.45) is 6.45. The van der Waals surface area contributed by atoms with Crippen molar-refractivity contribution in [3.8, 4) is 11.1 Å². The molecule has 0 radical (unpaired) electrons. The van der Waals surface area contributed by atoms with E-state index in [0.29, 0.717) is 0 Å². The lowest BCUT2D eigenvalue weighted by Gasteiger charge is -2.08. The van der Waals surface area contributed by atoms with Crippen molar-refractivity contribution in [2.45, 2.75) is 129 Å². The Hall–Kier alpha value is -5.58. The molecule has 0 N–H and O–H groups in total. The smallest absolute Gasteiger partial charge is 0.108 e. The van der Waals surface area contributed by atoms with Crippen LogP contribution in [0.25, 0.3) is 66.3 Å². The second-order valence-corrected chi connectivity index (χ2v) is 20.8. The van der Waals surface area contributed by atoms with Gasteiger partial charge in [-0.15, -0.1) is 0 Å². The molecule has 5 aromatic heterocycles. The number of rotatable bonds is 6. The molecule has 11 rings (SSSR count). The van der Waals surface area contributed by atoms with Crippen LogP contribution in [-0.4, -0.2) is 43.7 Å². The molecule has 0 aliphatic rings. The van der Waals surface area contributed by atoms with Gasteiger partial charge >= 0.3 is 0 Å². The van der Waals surface area contributed by atoms with Gasteiger partial charge in [-0.2, -0.15) is 43.7 Å². The average molecular weight is 1020 g/mol. The van der Waals surface area contributed by atoms with Crippen LogP contribution >= 0.6 is 58.6 Å². The highest BCUT2D eigenvalue weighted by Gasteiger charge is 2.14. The molecule has 0 aliphatic carbocycles. The Morgan fingerprint density at radius 2 is 0.700 bits per heavy atom. The summed E-state index contributed by atoms with van der Waals surface area (Å²) in [6, 6.07) is 21.3. The van der Waals surface area contributed by atoms with Crippen molar-refractivity contribution in [3.63, 3.8) is 0 Å². The van der Waals surface area contributed by atoms with Crippen LogP contribution in [0.4, 0.5) is 0 Å². The minimum Gasteiger partial charge on any atom is -0.173 e. The number of hydrogen-bond acceptors (Lipinski definition) is 15. The molecule has 0 saturated carbocycles. The molecule has 0 unspecified atom stereocenters. The van der Waals surface area contributed by atoms with Crippen LogP contribution in [-0.2, 0) is 6.42 Å². The van der Waals surface area contributed by atoms with E-state index in [1.165, 1.54) is 180 Å². The van der Waals surface area contributed by atoms with Gasteiger partial charge in [-0.25, -0.2) is 0 Å². The average Bonchev–Trinajstić information content (AvgIpc) is 4.23. The van der Waals surface area contributed by atoms with Gasteiger partial charge < -0.3 is 0 Å². The fraction of sp³-hybridized carbons (Fsp3) is 0.345. The second-order valence-electron chi connectivity index (χ2n) is 18.2. The van der Waals surface area contributed by atoms with E-state index in [1.807, 2.05) is 6.07 Å². The predicted molar refractivity (Wildman–Crippen MR) is 302 cm³/mol. The molecule has 0 fully saturated rings. The molecule has 70 heavy (non-hydrogen) atoms. The van der Waals surface area contributed by atoms with Gasteiger partial charge in [0.25, 0.3) is 0 Å². The van der Waals surface area contributed by atoms with Gasteiger partial charge in [0.15, 0.2) is 0 Å². The predicted octanol–water partition coefficient (Wildman–Crippen LogP) is 16.3. The van der Waals surface area contributed by atoms with Crippen molar-refractivity contribution in [2.75, 3.05) is 0 Å². The monoisotopic (exact) mass is 1020 g/mol. The van der Waals surface area contributed by atoms with Crippen LogP contribution in [0.15, 0.2) is 60.7 Å². The standard InChI is InChI=1S/C14H12N2S.C14H20N2S.C10H12N2S.C9H10N2S.C8H8N2S/c1-9-8-12(11-6-4-3-5-7-11)10(2)14-13(9)15-17-16-14;1-4-5-6-7-8-12-9-10(2)13-14(11(12)3)16-17-15-13;1-5-6(2)8(4)10-9(7(5)3)11-13-12-10;1-5-4-6(2)8-9(7(5)3)11-12-10-8;1-5-3-4-6(2)8-7(5)9-11-10-8/h3-8H,1-2H3;9H,4-8H2,1-3H3;1-4H3;4H,1-3H3;3-4H,1-2H3. The first-order valence-electron chi connectivity index (χ1n) is 23.7. The summed E-state index contributed by atoms with van der Waals surface area (Å²) in [5.41, 5.74) is 31.0. The highest BCUT2D eigenvalue weighted by Crippen LogP contribution is 2.32. The van der Waals surface area contributed by atoms with E-state index >= 15 is 0 Å². The molecule has 0 spiro atoms. The molecule has 10 nitrogen and oxygen atoms in total. The van der Waals surface area contributed by atoms with Crippen LogP contribution in [0, 0.1) is 90.0 Å². The molecule has 15 heteroatoms. The Balaban J connectivity index is 0.000000130. The molecule has 5 heterocycles. The van der Waals surface area contributed by atoms with E-state index in [2.05, 4.69) is 195 Å². The zero-order valence-electron chi connectivity index (χ0n) is 42.8. The Kier molecular flexibility index (Phi) is 17.6. The van der Waals surface area contributed by atoms with Gasteiger partial charge in [0.1, 0.15) is 55.2 Å². The van der Waals surface area contributed by atoms with Gasteiger partial charge in [-0.05, 0) is 198 Å². The summed E-state index contributed by atoms with van der Waals surface area (Å²) in [5, 5.41) is 0. The topological polar surface area (TPSA) is 129 Å². The molecule has 0 amide bonds. The largest absolute Gasteiger partial charge is 0.173 e. The van der Waals surface area contributed by atoms with Crippen molar-refractivity contribution in [1.29, 1.82) is 0 Å². The number of nitrogens with zero attached hydrogens (tertiary/aromatic N) is 10. The second kappa shape index (κ2) is 23.6. The lowest BCUT2D eigenvalue weighted by atomic mass is 9.97. The number of fused-ring (bicyclic) bond motifs is 5. The number of aryl methyl sites for hydroxylation is 12. The van der Waals surface area contributed by atoms with Crippen LogP contribution in [0.1, 0.15) is 110 Å². The van der Waals surface area contributed by atoms with Gasteiger partial charge in [-0.3, -0.25) is 0 Å². The SMILES string of the molecule is CCCCCCc1cc(C)c2nsnc2c1C.Cc1c(C)c(C)c2nsnc2c1C.Cc1cc(-c2ccccc2)c(C)c2nsnc12.Cc1cc(C)c2nsnc2c1C.Cc1ccc(C)c2nsnc12. The first-order chi connectivity index (χ1) is 33.6. The fourth-order valence-electron chi connectivity index (χ4n) is 8.51. The van der Waals surface area contributed by atoms with Crippen molar-refractivity contribution in [2.24, 2.45) is 0 Å². The molecular weight excluding hydrogens is 961 g/mol. The van der Waals surface area contributed by atoms with Gasteiger partial charge in [0.05, 0.1) is 58.6 Å². The highest BCUT2D eigenvalue weighted by molar-refractivity contribution is 7.01. The van der Waals surface area contributed by atoms with Gasteiger partial charge in [0, 0.05) is 0 Å². The van der Waals surface area contributed by atoms with Crippen molar-refractivity contribution in [1.82, 2.24) is 43.7 Å². The Labute approximate surface area is 433 Å². The summed E-state index contributed by atoms with van der Waals surface area (Å²) in [7, 11) is 0. The molecule has 0 saturated heterocycles. The molecule has 362 valence electrons. The summed E-state index contributed by atoms with van der Waals surface area (Å²) in [4.78, 5) is 0. The highest BCUT2D eigenvalue weighted by atomic mass is 32.1. The third-order valence-corrected chi connectivity index (χ3v) is 16.0. The summed E-state index contributed by atoms with van der Waals surface area (Å²) in [6.45, 7) is 29.7. The lowest BCUT2D eigenvalue weighted by Crippen LogP contribution is -1.94. The molecule has 0 atom stereocenters. The van der Waals surface area contributed by atoms with Crippen molar-refractivity contribution < 1.29 is 0 Å². The molecule has 0 aliphatic heterocycles. The maximum Gasteiger partial charge on any atom is 0.108 e. The van der Waals surface area contributed by atoms with Crippen molar-refractivity contribution in [3.05, 3.63) is 139 Å². The molecule has 0 bridgehead atoms. The number of aromatic nitrogens is 10. The zero-order valence-corrected chi connectivity index (χ0v) is 46.9. The van der Waals surface area contributed by atoms with E-state index in [0.717, 1.165) is 55.2 Å². The molecular formula is C55H62N10S5. The Morgan fingerprint density at radius 3 is 1.17 bits per heavy atom. The van der Waals surface area contributed by atoms with E-state index in [4.69, 9.17) is 0 Å². The number of benzene rings is 6. The Bertz CT molecular complexity index is 3470. The number of unbranched alkanes of at least 4 members (excludes halogenated alkanes) is 3. The maximum absolute atomic E-state index is 4.41. The van der Waals surface area contributed by atoms with Crippen LogP contribution in [0.3, 0.4) is 0 Å². The van der Waals surface area contributed by atoms with E-state index in [-0.39, 0.29) is 0 Å². The van der Waals surface area contributed by atoms with Gasteiger partial charge in [0.2, 0.25) is 0 Å². The van der Waals surface area contributed by atoms with Crippen LogP contribution in [0.2, 0.25) is 0 Å². The third-order valence-electron chi connectivity index (χ3n) is 13.4. The summed E-state index contributed by atoms with van der Waals surface area (Å²) < 4.78 is 43.1. The first kappa shape index (κ1) is 52.2. The number of hydrogen-bond donors (Lipinski definition) is 0. The Morgan fingerprint density at radius 1 is 0.314 bits per heavy atom. The fourth-order valence-corrected chi connectivity index (χ4v) is 11.8. The van der Waals surface area contributed by atoms with E-state index in [1.54, 1.807) is 0 Å². The van der Waals surface area contributed by atoms with Crippen molar-refractivity contribution >= 4 is 114 Å². The van der Waals surface area contributed by atoms with Crippen LogP contribution < -0.4 is 0 Å².